The third-order valence-electron chi connectivity index (χ3n) is 3.17. The molecule has 1 heterocycles. The quantitative estimate of drug-likeness (QED) is 0.757. The van der Waals surface area contributed by atoms with Gasteiger partial charge >= 0.3 is 0 Å². The average Bonchev–Trinajstić information content (AvgIpc) is 2.33. The largest absolute Gasteiger partial charge is 0.396 e. The number of piperidine rings is 1. The molecule has 1 aliphatic rings. The number of rotatable bonds is 2. The summed E-state index contributed by atoms with van der Waals surface area (Å²) in [5.74, 6) is -0.862. The van der Waals surface area contributed by atoms with Gasteiger partial charge in [-0.2, -0.15) is 0 Å². The van der Waals surface area contributed by atoms with Crippen molar-refractivity contribution >= 4 is 17.3 Å². The van der Waals surface area contributed by atoms with E-state index in [0.29, 0.717) is 6.54 Å². The molecular weight excluding hydrogens is 221 g/mol. The summed E-state index contributed by atoms with van der Waals surface area (Å²) in [7, 11) is 0. The highest BCUT2D eigenvalue weighted by Gasteiger charge is 2.24. The van der Waals surface area contributed by atoms with E-state index in [2.05, 4.69) is 0 Å². The fraction of sp³-hybridized carbons (Fsp3) is 0.417. The van der Waals surface area contributed by atoms with Gasteiger partial charge in [0.1, 0.15) is 5.82 Å². The number of benzene rings is 1. The number of halogens is 1. The molecule has 0 aliphatic carbocycles. The third-order valence-corrected chi connectivity index (χ3v) is 3.17. The standard InChI is InChI=1S/C12H16FN3O/c13-10-6-9(3-4-11(10)14)16-5-1-2-8(7-16)12(15)17/h3-4,6,8H,1-2,5,7,14H2,(H2,15,17)/t8-/m0/s1. The molecule has 2 rings (SSSR count). The lowest BCUT2D eigenvalue weighted by Gasteiger charge is -2.33. The van der Waals surface area contributed by atoms with Crippen LogP contribution in [0.3, 0.4) is 0 Å². The number of nitrogens with two attached hydrogens (primary N) is 2. The van der Waals surface area contributed by atoms with Crippen LogP contribution in [0, 0.1) is 11.7 Å². The van der Waals surface area contributed by atoms with Crippen molar-refractivity contribution < 1.29 is 9.18 Å². The monoisotopic (exact) mass is 237 g/mol. The lowest BCUT2D eigenvalue weighted by molar-refractivity contribution is -0.122. The first-order chi connectivity index (χ1) is 8.08. The van der Waals surface area contributed by atoms with E-state index in [1.807, 2.05) is 4.90 Å². The Hall–Kier alpha value is -1.78. The van der Waals surface area contributed by atoms with Gasteiger partial charge in [-0.1, -0.05) is 0 Å². The summed E-state index contributed by atoms with van der Waals surface area (Å²) >= 11 is 0. The van der Waals surface area contributed by atoms with Gasteiger partial charge in [-0.25, -0.2) is 4.39 Å². The lowest BCUT2D eigenvalue weighted by atomic mass is 9.97. The normalized spacial score (nSPS) is 20.3. The zero-order valence-electron chi connectivity index (χ0n) is 9.53. The Morgan fingerprint density at radius 2 is 2.24 bits per heavy atom. The number of carbonyl (C=O) groups is 1. The fourth-order valence-electron chi connectivity index (χ4n) is 2.16. The maximum absolute atomic E-state index is 13.3. The smallest absolute Gasteiger partial charge is 0.222 e. The SMILES string of the molecule is NC(=O)[C@H]1CCCN(c2ccc(N)c(F)c2)C1. The molecule has 0 unspecified atom stereocenters. The molecule has 1 amide bonds. The number of nitrogens with zero attached hydrogens (tertiary/aromatic N) is 1. The molecule has 0 saturated carbocycles. The molecule has 1 aliphatic heterocycles. The molecule has 1 aromatic carbocycles. The molecule has 0 bridgehead atoms. The van der Waals surface area contributed by atoms with E-state index < -0.39 is 5.82 Å². The van der Waals surface area contributed by atoms with Crippen LogP contribution in [0.4, 0.5) is 15.8 Å². The molecule has 5 heteroatoms. The Labute approximate surface area is 99.4 Å². The van der Waals surface area contributed by atoms with E-state index >= 15 is 0 Å². The molecule has 92 valence electrons. The minimum absolute atomic E-state index is 0.136. The van der Waals surface area contributed by atoms with Crippen molar-refractivity contribution in [3.05, 3.63) is 24.0 Å². The molecule has 4 nitrogen and oxygen atoms in total. The minimum atomic E-state index is -0.427. The molecule has 0 radical (unpaired) electrons. The molecule has 17 heavy (non-hydrogen) atoms. The summed E-state index contributed by atoms with van der Waals surface area (Å²) in [6.45, 7) is 1.37. The highest BCUT2D eigenvalue weighted by Crippen LogP contribution is 2.25. The van der Waals surface area contributed by atoms with Gasteiger partial charge in [0.2, 0.25) is 5.91 Å². The number of hydrogen-bond acceptors (Lipinski definition) is 3. The van der Waals surface area contributed by atoms with Crippen molar-refractivity contribution in [1.29, 1.82) is 0 Å². The Kier molecular flexibility index (Phi) is 3.17. The van der Waals surface area contributed by atoms with E-state index in [9.17, 15) is 9.18 Å². The van der Waals surface area contributed by atoms with Gasteiger partial charge in [0.05, 0.1) is 11.6 Å². The van der Waals surface area contributed by atoms with Gasteiger partial charge in [0, 0.05) is 18.8 Å². The second kappa shape index (κ2) is 4.61. The van der Waals surface area contributed by atoms with Gasteiger partial charge in [0.15, 0.2) is 0 Å². The zero-order chi connectivity index (χ0) is 12.4. The van der Waals surface area contributed by atoms with Crippen LogP contribution in [-0.2, 0) is 4.79 Å². The molecule has 1 saturated heterocycles. The van der Waals surface area contributed by atoms with Crippen LogP contribution in [0.1, 0.15) is 12.8 Å². The first kappa shape index (κ1) is 11.7. The van der Waals surface area contributed by atoms with Crippen LogP contribution in [0.15, 0.2) is 18.2 Å². The second-order valence-electron chi connectivity index (χ2n) is 4.39. The Balaban J connectivity index is 2.16. The van der Waals surface area contributed by atoms with Crippen LogP contribution in [0.25, 0.3) is 0 Å². The van der Waals surface area contributed by atoms with Crippen LogP contribution in [0.5, 0.6) is 0 Å². The van der Waals surface area contributed by atoms with E-state index in [1.165, 1.54) is 6.07 Å². The number of carbonyl (C=O) groups excluding carboxylic acids is 1. The van der Waals surface area contributed by atoms with E-state index in [0.717, 1.165) is 25.1 Å². The summed E-state index contributed by atoms with van der Waals surface area (Å²) in [4.78, 5) is 13.1. The molecule has 1 atom stereocenters. The maximum atomic E-state index is 13.3. The van der Waals surface area contributed by atoms with Crippen molar-refractivity contribution in [3.63, 3.8) is 0 Å². The van der Waals surface area contributed by atoms with Crippen molar-refractivity contribution in [2.45, 2.75) is 12.8 Å². The van der Waals surface area contributed by atoms with E-state index in [1.54, 1.807) is 12.1 Å². The number of primary amides is 1. The van der Waals surface area contributed by atoms with Crippen LogP contribution >= 0.6 is 0 Å². The topological polar surface area (TPSA) is 72.4 Å². The Morgan fingerprint density at radius 3 is 2.88 bits per heavy atom. The highest BCUT2D eigenvalue weighted by molar-refractivity contribution is 5.77. The van der Waals surface area contributed by atoms with Gasteiger partial charge in [-0.05, 0) is 31.0 Å². The minimum Gasteiger partial charge on any atom is -0.396 e. The average molecular weight is 237 g/mol. The number of nitrogen functional groups attached to an aromatic ring is 1. The maximum Gasteiger partial charge on any atom is 0.222 e. The number of hydrogen-bond donors (Lipinski definition) is 2. The second-order valence-corrected chi connectivity index (χ2v) is 4.39. The van der Waals surface area contributed by atoms with Gasteiger partial charge in [-0.3, -0.25) is 4.79 Å². The van der Waals surface area contributed by atoms with Gasteiger partial charge < -0.3 is 16.4 Å². The molecule has 0 spiro atoms. The molecule has 1 fully saturated rings. The van der Waals surface area contributed by atoms with Crippen LogP contribution in [-0.4, -0.2) is 19.0 Å². The summed E-state index contributed by atoms with van der Waals surface area (Å²) in [6.07, 6.45) is 1.70. The third kappa shape index (κ3) is 2.49. The van der Waals surface area contributed by atoms with Crippen molar-refractivity contribution in [2.75, 3.05) is 23.7 Å². The van der Waals surface area contributed by atoms with Crippen LogP contribution in [0.2, 0.25) is 0 Å². The molecule has 0 aromatic heterocycles. The van der Waals surface area contributed by atoms with E-state index in [4.69, 9.17) is 11.5 Å². The van der Waals surface area contributed by atoms with Crippen LogP contribution < -0.4 is 16.4 Å². The predicted molar refractivity (Wildman–Crippen MR) is 64.9 cm³/mol. The summed E-state index contributed by atoms with van der Waals surface area (Å²) in [6, 6.07) is 4.71. The highest BCUT2D eigenvalue weighted by atomic mass is 19.1. The zero-order valence-corrected chi connectivity index (χ0v) is 9.53. The summed E-state index contributed by atoms with van der Waals surface area (Å²) < 4.78 is 13.3. The number of anilines is 2. The Bertz CT molecular complexity index is 436. The number of amides is 1. The van der Waals surface area contributed by atoms with E-state index in [-0.39, 0.29) is 17.5 Å². The first-order valence-electron chi connectivity index (χ1n) is 5.67. The predicted octanol–water partition coefficient (Wildman–Crippen LogP) is 1.11. The summed E-state index contributed by atoms with van der Waals surface area (Å²) in [5.41, 5.74) is 11.6. The molecular formula is C12H16FN3O. The summed E-state index contributed by atoms with van der Waals surface area (Å²) in [5, 5.41) is 0. The molecule has 4 N–H and O–H groups in total. The van der Waals surface area contributed by atoms with Gasteiger partial charge in [0.25, 0.3) is 0 Å². The fourth-order valence-corrected chi connectivity index (χ4v) is 2.16. The van der Waals surface area contributed by atoms with Crippen molar-refractivity contribution in [2.24, 2.45) is 11.7 Å². The van der Waals surface area contributed by atoms with Crippen molar-refractivity contribution in [3.8, 4) is 0 Å². The lowest BCUT2D eigenvalue weighted by Crippen LogP contribution is -2.41. The van der Waals surface area contributed by atoms with Gasteiger partial charge in [-0.15, -0.1) is 0 Å². The van der Waals surface area contributed by atoms with Crippen molar-refractivity contribution in [1.82, 2.24) is 0 Å². The first-order valence-corrected chi connectivity index (χ1v) is 5.67. The molecule has 1 aromatic rings. The Morgan fingerprint density at radius 1 is 1.47 bits per heavy atom.